The van der Waals surface area contributed by atoms with E-state index in [-0.39, 0.29) is 6.42 Å². The van der Waals surface area contributed by atoms with Crippen LogP contribution in [0.2, 0.25) is 5.02 Å². The van der Waals surface area contributed by atoms with Crippen LogP contribution in [0, 0.1) is 6.92 Å². The molecule has 3 rings (SSSR count). The van der Waals surface area contributed by atoms with Crippen molar-refractivity contribution in [3.63, 3.8) is 0 Å². The van der Waals surface area contributed by atoms with Gasteiger partial charge in [0, 0.05) is 22.3 Å². The molecule has 1 aromatic heterocycles. The third kappa shape index (κ3) is 4.14. The molecule has 2 amide bonds. The summed E-state index contributed by atoms with van der Waals surface area (Å²) in [5.41, 5.74) is 2.74. The molecule has 0 aliphatic heterocycles. The molecule has 0 saturated carbocycles. The van der Waals surface area contributed by atoms with Crippen LogP contribution in [0.5, 0.6) is 0 Å². The van der Waals surface area contributed by atoms with Gasteiger partial charge in [-0.3, -0.25) is 14.6 Å². The summed E-state index contributed by atoms with van der Waals surface area (Å²) in [5.74, 6) is -0.820. The quantitative estimate of drug-likeness (QED) is 0.692. The highest BCUT2D eigenvalue weighted by Gasteiger charge is 2.12. The van der Waals surface area contributed by atoms with E-state index in [1.165, 1.54) is 0 Å². The smallest absolute Gasteiger partial charge is 0.233 e. The van der Waals surface area contributed by atoms with E-state index in [1.807, 2.05) is 31.2 Å². The highest BCUT2D eigenvalue weighted by molar-refractivity contribution is 6.31. The van der Waals surface area contributed by atoms with Gasteiger partial charge in [-0.15, -0.1) is 0 Å². The van der Waals surface area contributed by atoms with E-state index >= 15 is 0 Å². The van der Waals surface area contributed by atoms with Crippen molar-refractivity contribution < 1.29 is 9.59 Å². The maximum atomic E-state index is 12.2. The lowest BCUT2D eigenvalue weighted by molar-refractivity contribution is -0.123. The molecule has 0 aliphatic rings. The van der Waals surface area contributed by atoms with Crippen LogP contribution in [-0.4, -0.2) is 16.8 Å². The Kier molecular flexibility index (Phi) is 4.95. The van der Waals surface area contributed by atoms with Crippen LogP contribution in [0.15, 0.2) is 54.7 Å². The van der Waals surface area contributed by atoms with Gasteiger partial charge in [0.15, 0.2) is 0 Å². The van der Waals surface area contributed by atoms with Crippen LogP contribution in [0.25, 0.3) is 10.9 Å². The molecule has 0 atom stereocenters. The fourth-order valence-electron chi connectivity index (χ4n) is 2.42. The lowest BCUT2D eigenvalue weighted by Crippen LogP contribution is -2.21. The standard InChI is InChI=1S/C19H16ClN3O2/c1-12-7-8-14(10-15(12)20)22-17(24)11-18(25)23-16-6-2-4-13-5-3-9-21-19(13)16/h2-10H,11H2,1H3,(H,22,24)(H,23,25). The number of fused-ring (bicyclic) bond motifs is 1. The minimum atomic E-state index is -0.411. The zero-order valence-electron chi connectivity index (χ0n) is 13.5. The van der Waals surface area contributed by atoms with Gasteiger partial charge in [-0.1, -0.05) is 35.9 Å². The van der Waals surface area contributed by atoms with Gasteiger partial charge < -0.3 is 10.6 Å². The topological polar surface area (TPSA) is 71.1 Å². The summed E-state index contributed by atoms with van der Waals surface area (Å²) in [6.07, 6.45) is 1.36. The third-order valence-corrected chi connectivity index (χ3v) is 4.09. The Morgan fingerprint density at radius 1 is 1.04 bits per heavy atom. The molecule has 0 spiro atoms. The molecule has 5 nitrogen and oxygen atoms in total. The second-order valence-electron chi connectivity index (χ2n) is 5.62. The van der Waals surface area contributed by atoms with Crippen LogP contribution in [0.1, 0.15) is 12.0 Å². The molecule has 0 unspecified atom stereocenters. The fourth-order valence-corrected chi connectivity index (χ4v) is 2.60. The first-order valence-corrected chi connectivity index (χ1v) is 8.10. The number of benzene rings is 2. The van der Waals surface area contributed by atoms with Crippen molar-refractivity contribution in [1.29, 1.82) is 0 Å². The molecule has 0 aliphatic carbocycles. The van der Waals surface area contributed by atoms with Gasteiger partial charge in [-0.2, -0.15) is 0 Å². The Morgan fingerprint density at radius 3 is 2.60 bits per heavy atom. The highest BCUT2D eigenvalue weighted by atomic mass is 35.5. The number of pyridine rings is 1. The lowest BCUT2D eigenvalue weighted by Gasteiger charge is -2.09. The molecule has 25 heavy (non-hydrogen) atoms. The summed E-state index contributed by atoms with van der Waals surface area (Å²) >= 11 is 6.03. The van der Waals surface area contributed by atoms with Crippen molar-refractivity contribution in [1.82, 2.24) is 4.98 Å². The minimum absolute atomic E-state index is 0.297. The maximum Gasteiger partial charge on any atom is 0.233 e. The number of para-hydroxylation sites is 1. The SMILES string of the molecule is Cc1ccc(NC(=O)CC(=O)Nc2cccc3cccnc23)cc1Cl. The van der Waals surface area contributed by atoms with E-state index in [9.17, 15) is 9.59 Å². The van der Waals surface area contributed by atoms with Crippen molar-refractivity contribution in [2.24, 2.45) is 0 Å². The monoisotopic (exact) mass is 353 g/mol. The number of hydrogen-bond acceptors (Lipinski definition) is 3. The molecule has 3 aromatic rings. The molecule has 2 aromatic carbocycles. The van der Waals surface area contributed by atoms with E-state index in [4.69, 9.17) is 11.6 Å². The molecule has 2 N–H and O–H groups in total. The second kappa shape index (κ2) is 7.32. The molecule has 0 radical (unpaired) electrons. The predicted molar refractivity (Wildman–Crippen MR) is 99.8 cm³/mol. The molecule has 0 fully saturated rings. The number of aromatic nitrogens is 1. The predicted octanol–water partition coefficient (Wildman–Crippen LogP) is 4.16. The van der Waals surface area contributed by atoms with Crippen LogP contribution in [-0.2, 0) is 9.59 Å². The van der Waals surface area contributed by atoms with E-state index in [1.54, 1.807) is 30.5 Å². The van der Waals surface area contributed by atoms with Crippen LogP contribution in [0.3, 0.4) is 0 Å². The van der Waals surface area contributed by atoms with E-state index in [2.05, 4.69) is 15.6 Å². The number of nitrogens with one attached hydrogen (secondary N) is 2. The molecular weight excluding hydrogens is 338 g/mol. The van der Waals surface area contributed by atoms with E-state index < -0.39 is 11.8 Å². The highest BCUT2D eigenvalue weighted by Crippen LogP contribution is 2.21. The Hall–Kier alpha value is -2.92. The average molecular weight is 354 g/mol. The Balaban J connectivity index is 1.65. The van der Waals surface area contributed by atoms with Crippen LogP contribution in [0.4, 0.5) is 11.4 Å². The molecular formula is C19H16ClN3O2. The molecule has 6 heteroatoms. The maximum absolute atomic E-state index is 12.2. The summed E-state index contributed by atoms with van der Waals surface area (Å²) in [5, 5.41) is 6.87. The van der Waals surface area contributed by atoms with Gasteiger partial charge >= 0.3 is 0 Å². The van der Waals surface area contributed by atoms with Crippen molar-refractivity contribution in [2.45, 2.75) is 13.3 Å². The van der Waals surface area contributed by atoms with E-state index in [0.29, 0.717) is 21.9 Å². The van der Waals surface area contributed by atoms with Gasteiger partial charge in [0.1, 0.15) is 6.42 Å². The zero-order valence-corrected chi connectivity index (χ0v) is 14.3. The number of hydrogen-bond donors (Lipinski definition) is 2. The van der Waals surface area contributed by atoms with Gasteiger partial charge in [0.05, 0.1) is 11.2 Å². The number of carbonyl (C=O) groups excluding carboxylic acids is 2. The van der Waals surface area contributed by atoms with E-state index in [0.717, 1.165) is 10.9 Å². The Morgan fingerprint density at radius 2 is 1.80 bits per heavy atom. The Labute approximate surface area is 150 Å². The second-order valence-corrected chi connectivity index (χ2v) is 6.02. The Bertz CT molecular complexity index is 951. The molecule has 1 heterocycles. The van der Waals surface area contributed by atoms with Crippen LogP contribution < -0.4 is 10.6 Å². The van der Waals surface area contributed by atoms with Crippen molar-refractivity contribution in [3.8, 4) is 0 Å². The minimum Gasteiger partial charge on any atom is -0.326 e. The van der Waals surface area contributed by atoms with Gasteiger partial charge in [0.2, 0.25) is 11.8 Å². The number of amides is 2. The van der Waals surface area contributed by atoms with Gasteiger partial charge in [-0.05, 0) is 36.8 Å². The molecule has 0 bridgehead atoms. The zero-order chi connectivity index (χ0) is 17.8. The van der Waals surface area contributed by atoms with Crippen LogP contribution >= 0.6 is 11.6 Å². The van der Waals surface area contributed by atoms with Crippen molar-refractivity contribution >= 4 is 45.7 Å². The summed E-state index contributed by atoms with van der Waals surface area (Å²) in [6, 6.07) is 14.4. The first-order valence-electron chi connectivity index (χ1n) is 7.72. The van der Waals surface area contributed by atoms with Crippen molar-refractivity contribution in [2.75, 3.05) is 10.6 Å². The normalized spacial score (nSPS) is 10.5. The fraction of sp³-hybridized carbons (Fsp3) is 0.105. The summed E-state index contributed by atoms with van der Waals surface area (Å²) in [4.78, 5) is 28.5. The number of rotatable bonds is 4. The number of carbonyl (C=O) groups is 2. The first-order chi connectivity index (χ1) is 12.0. The van der Waals surface area contributed by atoms with Crippen molar-refractivity contribution in [3.05, 3.63) is 65.3 Å². The summed E-state index contributed by atoms with van der Waals surface area (Å²) < 4.78 is 0. The van der Waals surface area contributed by atoms with Gasteiger partial charge in [-0.25, -0.2) is 0 Å². The number of anilines is 2. The molecule has 126 valence electrons. The lowest BCUT2D eigenvalue weighted by atomic mass is 10.2. The third-order valence-electron chi connectivity index (χ3n) is 3.68. The summed E-state index contributed by atoms with van der Waals surface area (Å²) in [6.45, 7) is 1.87. The average Bonchev–Trinajstić information content (AvgIpc) is 2.58. The first kappa shape index (κ1) is 16.9. The molecule has 0 saturated heterocycles. The largest absolute Gasteiger partial charge is 0.326 e. The number of aryl methyl sites for hydroxylation is 1. The number of halogens is 1. The van der Waals surface area contributed by atoms with Gasteiger partial charge in [0.25, 0.3) is 0 Å². The summed E-state index contributed by atoms with van der Waals surface area (Å²) in [7, 11) is 0. The number of nitrogens with zero attached hydrogens (tertiary/aromatic N) is 1.